The maximum atomic E-state index is 10.3. The van der Waals surface area contributed by atoms with Crippen molar-refractivity contribution in [1.29, 1.82) is 0 Å². The molecule has 0 heterocycles. The number of benzene rings is 1. The van der Waals surface area contributed by atoms with Crippen LogP contribution in [0.15, 0.2) is 28.7 Å². The van der Waals surface area contributed by atoms with Gasteiger partial charge in [0, 0.05) is 4.47 Å². The van der Waals surface area contributed by atoms with Gasteiger partial charge in [-0.05, 0) is 24.3 Å². The average molecular weight is 227 g/mol. The molecule has 0 saturated heterocycles. The van der Waals surface area contributed by atoms with Gasteiger partial charge in [0.1, 0.15) is 0 Å². The molecule has 1 N–H and O–H groups in total. The minimum absolute atomic E-state index is 0. The molecule has 0 amide bonds. The molecule has 0 bridgehead atoms. The Kier molecular flexibility index (Phi) is 4.71. The van der Waals surface area contributed by atoms with Crippen molar-refractivity contribution in [2.75, 3.05) is 0 Å². The Morgan fingerprint density at radius 1 is 1.36 bits per heavy atom. The Hall–Kier alpha value is -0.0638. The molecule has 0 atom stereocenters. The summed E-state index contributed by atoms with van der Waals surface area (Å²) in [7, 11) is 0. The number of hydrogen-bond acceptors (Lipinski definition) is 1. The van der Waals surface area contributed by atoms with Crippen LogP contribution in [0.4, 0.5) is 0 Å². The number of aromatic carboxylic acids is 1. The van der Waals surface area contributed by atoms with Crippen LogP contribution < -0.4 is 0 Å². The first-order valence-corrected chi connectivity index (χ1v) is 3.48. The number of rotatable bonds is 1. The zero-order valence-electron chi connectivity index (χ0n) is 7.75. The van der Waals surface area contributed by atoms with Gasteiger partial charge in [-0.25, -0.2) is 4.79 Å². The van der Waals surface area contributed by atoms with Crippen molar-refractivity contribution in [3.63, 3.8) is 0 Å². The van der Waals surface area contributed by atoms with Crippen LogP contribution in [0, 0.1) is 0 Å². The molecular formula is C7H7BrMgO2. The standard InChI is InChI=1S/C7H5BrO2.Mg.2H/c8-6-3-1-5(2-4-6)7(9)10;;;/h1-4H,(H,9,10);;;/q;+2;2*-1. The van der Waals surface area contributed by atoms with Crippen molar-refractivity contribution in [2.45, 2.75) is 0 Å². The number of carbonyl (C=O) groups is 1. The third-order valence-corrected chi connectivity index (χ3v) is 1.62. The molecule has 0 saturated carbocycles. The summed E-state index contributed by atoms with van der Waals surface area (Å²) in [6.45, 7) is 0. The summed E-state index contributed by atoms with van der Waals surface area (Å²) < 4.78 is 0.887. The Bertz CT molecular complexity index is 253. The van der Waals surface area contributed by atoms with E-state index in [9.17, 15) is 4.79 Å². The van der Waals surface area contributed by atoms with Crippen LogP contribution in [0.5, 0.6) is 0 Å². The summed E-state index contributed by atoms with van der Waals surface area (Å²) >= 11 is 3.20. The molecule has 0 aliphatic heterocycles. The Morgan fingerprint density at radius 2 is 1.82 bits per heavy atom. The van der Waals surface area contributed by atoms with E-state index in [2.05, 4.69) is 15.9 Å². The maximum Gasteiger partial charge on any atom is 2.00 e. The summed E-state index contributed by atoms with van der Waals surface area (Å²) in [5, 5.41) is 8.46. The molecule has 1 rings (SSSR count). The van der Waals surface area contributed by atoms with Crippen molar-refractivity contribution in [3.05, 3.63) is 34.3 Å². The minimum Gasteiger partial charge on any atom is -1.00 e. The topological polar surface area (TPSA) is 37.3 Å². The number of halogens is 1. The molecule has 0 aliphatic carbocycles. The van der Waals surface area contributed by atoms with E-state index in [4.69, 9.17) is 5.11 Å². The maximum absolute atomic E-state index is 10.3. The summed E-state index contributed by atoms with van der Waals surface area (Å²) in [5.74, 6) is -0.896. The third-order valence-electron chi connectivity index (χ3n) is 1.09. The second-order valence-electron chi connectivity index (χ2n) is 1.81. The van der Waals surface area contributed by atoms with E-state index in [1.807, 2.05) is 0 Å². The van der Waals surface area contributed by atoms with Gasteiger partial charge in [-0.2, -0.15) is 0 Å². The molecule has 1 aromatic carbocycles. The van der Waals surface area contributed by atoms with Gasteiger partial charge in [-0.1, -0.05) is 15.9 Å². The predicted octanol–water partition coefficient (Wildman–Crippen LogP) is 1.99. The average Bonchev–Trinajstić information content (AvgIpc) is 1.88. The summed E-state index contributed by atoms with van der Waals surface area (Å²) in [6.07, 6.45) is 0. The molecule has 0 aliphatic rings. The van der Waals surface area contributed by atoms with E-state index in [-0.39, 0.29) is 25.9 Å². The molecular weight excluding hydrogens is 220 g/mol. The van der Waals surface area contributed by atoms with Crippen LogP contribution in [0.1, 0.15) is 13.2 Å². The van der Waals surface area contributed by atoms with E-state index in [1.54, 1.807) is 24.3 Å². The predicted molar refractivity (Wildman–Crippen MR) is 49.1 cm³/mol. The van der Waals surface area contributed by atoms with Gasteiger partial charge in [-0.3, -0.25) is 0 Å². The first kappa shape index (κ1) is 10.9. The number of carboxylic acid groups (broad SMARTS) is 1. The number of hydrogen-bond donors (Lipinski definition) is 1. The molecule has 56 valence electrons. The molecule has 0 spiro atoms. The van der Waals surface area contributed by atoms with E-state index >= 15 is 0 Å². The van der Waals surface area contributed by atoms with Crippen molar-refractivity contribution in [1.82, 2.24) is 0 Å². The normalized spacial score (nSPS) is 8.45. The molecule has 0 radical (unpaired) electrons. The van der Waals surface area contributed by atoms with Crippen molar-refractivity contribution in [3.8, 4) is 0 Å². The quantitative estimate of drug-likeness (QED) is 0.745. The van der Waals surface area contributed by atoms with Crippen LogP contribution in [0.25, 0.3) is 0 Å². The second-order valence-corrected chi connectivity index (χ2v) is 2.73. The molecule has 4 heteroatoms. The van der Waals surface area contributed by atoms with Gasteiger partial charge in [0.25, 0.3) is 0 Å². The van der Waals surface area contributed by atoms with Crippen molar-refractivity contribution >= 4 is 45.0 Å². The van der Waals surface area contributed by atoms with E-state index in [0.717, 1.165) is 4.47 Å². The first-order chi connectivity index (χ1) is 4.70. The first-order valence-electron chi connectivity index (χ1n) is 2.69. The smallest absolute Gasteiger partial charge is 1.00 e. The monoisotopic (exact) mass is 226 g/mol. The molecule has 0 fully saturated rings. The Morgan fingerprint density at radius 3 is 2.18 bits per heavy atom. The van der Waals surface area contributed by atoms with Crippen LogP contribution >= 0.6 is 15.9 Å². The van der Waals surface area contributed by atoms with Crippen molar-refractivity contribution < 1.29 is 12.8 Å². The minimum atomic E-state index is -0.896. The van der Waals surface area contributed by atoms with Crippen molar-refractivity contribution in [2.24, 2.45) is 0 Å². The molecule has 0 unspecified atom stereocenters. The van der Waals surface area contributed by atoms with Crippen LogP contribution in [-0.2, 0) is 0 Å². The van der Waals surface area contributed by atoms with Gasteiger partial charge < -0.3 is 7.96 Å². The van der Waals surface area contributed by atoms with Gasteiger partial charge in [-0.15, -0.1) is 0 Å². The van der Waals surface area contributed by atoms with E-state index in [0.29, 0.717) is 5.56 Å². The third kappa shape index (κ3) is 3.22. The van der Waals surface area contributed by atoms with Gasteiger partial charge in [0.05, 0.1) is 5.56 Å². The second kappa shape index (κ2) is 4.74. The van der Waals surface area contributed by atoms with Crippen LogP contribution in [-0.4, -0.2) is 34.1 Å². The fourth-order valence-corrected chi connectivity index (χ4v) is 0.857. The Balaban J connectivity index is -0.000000333. The Labute approximate surface area is 91.9 Å². The summed E-state index contributed by atoms with van der Waals surface area (Å²) in [4.78, 5) is 10.3. The zero-order valence-corrected chi connectivity index (χ0v) is 8.75. The van der Waals surface area contributed by atoms with E-state index < -0.39 is 5.97 Å². The molecule has 1 aromatic rings. The molecule has 0 aromatic heterocycles. The SMILES string of the molecule is O=C(O)c1ccc(Br)cc1.[H-].[H-].[Mg+2]. The molecule has 11 heavy (non-hydrogen) atoms. The van der Waals surface area contributed by atoms with Gasteiger partial charge >= 0.3 is 29.0 Å². The zero-order chi connectivity index (χ0) is 7.56. The summed E-state index contributed by atoms with van der Waals surface area (Å²) in [5.41, 5.74) is 0.309. The van der Waals surface area contributed by atoms with E-state index in [1.165, 1.54) is 0 Å². The summed E-state index contributed by atoms with van der Waals surface area (Å²) in [6, 6.07) is 6.49. The fraction of sp³-hybridized carbons (Fsp3) is 0. The van der Waals surface area contributed by atoms with Gasteiger partial charge in [0.15, 0.2) is 0 Å². The largest absolute Gasteiger partial charge is 2.00 e. The fourth-order valence-electron chi connectivity index (χ4n) is 0.592. The van der Waals surface area contributed by atoms with Crippen LogP contribution in [0.3, 0.4) is 0 Å². The van der Waals surface area contributed by atoms with Crippen LogP contribution in [0.2, 0.25) is 0 Å². The van der Waals surface area contributed by atoms with Gasteiger partial charge in [0.2, 0.25) is 0 Å². The molecule has 2 nitrogen and oxygen atoms in total. The number of carboxylic acids is 1.